The highest BCUT2D eigenvalue weighted by molar-refractivity contribution is 7.20. The van der Waals surface area contributed by atoms with E-state index in [9.17, 15) is 9.18 Å². The molecule has 0 spiro atoms. The largest absolute Gasteiger partial charge is 0.355 e. The molecule has 1 saturated carbocycles. The molecular weight excluding hydrogens is 427 g/mol. The van der Waals surface area contributed by atoms with E-state index >= 15 is 0 Å². The molecule has 0 radical (unpaired) electrons. The van der Waals surface area contributed by atoms with Crippen molar-refractivity contribution in [1.82, 2.24) is 24.8 Å². The molecule has 170 valence electrons. The lowest BCUT2D eigenvalue weighted by Gasteiger charge is -2.34. The van der Waals surface area contributed by atoms with Crippen molar-refractivity contribution >= 4 is 27.3 Å². The maximum atomic E-state index is 13.2. The lowest BCUT2D eigenvalue weighted by Crippen LogP contribution is -2.49. The summed E-state index contributed by atoms with van der Waals surface area (Å²) in [6.07, 6.45) is 8.34. The predicted octanol–water partition coefficient (Wildman–Crippen LogP) is 3.42. The molecule has 2 fully saturated rings. The number of amides is 1. The van der Waals surface area contributed by atoms with E-state index in [2.05, 4.69) is 20.1 Å². The molecule has 2 aliphatic rings. The Balaban J connectivity index is 1.12. The lowest BCUT2D eigenvalue weighted by atomic mass is 9.89. The van der Waals surface area contributed by atoms with Gasteiger partial charge in [0.1, 0.15) is 5.82 Å². The topological polar surface area (TPSA) is 65.8 Å². The minimum absolute atomic E-state index is 0.144. The number of hydrogen-bond acceptors (Lipinski definition) is 6. The number of carbonyl (C=O) groups is 1. The molecule has 1 amide bonds. The van der Waals surface area contributed by atoms with Crippen LogP contribution in [0.3, 0.4) is 0 Å². The molecule has 1 saturated heterocycles. The molecule has 32 heavy (non-hydrogen) atoms. The standard InChI is InChI=1S/C23H29FN6OS/c24-19-8-6-18(7-9-19)20-15-30-22(26-20)32-23(27-30)29-12-10-28(11-13-29)16-21(31)25-14-17-4-2-1-3-5-17/h6-9,15,17H,1-5,10-14,16H2,(H,25,31). The van der Waals surface area contributed by atoms with E-state index in [1.54, 1.807) is 28.0 Å². The van der Waals surface area contributed by atoms with Crippen LogP contribution in [0.4, 0.5) is 9.52 Å². The zero-order valence-corrected chi connectivity index (χ0v) is 19.0. The number of anilines is 1. The number of nitrogens with one attached hydrogen (secondary N) is 1. The van der Waals surface area contributed by atoms with Gasteiger partial charge in [-0.3, -0.25) is 9.69 Å². The fourth-order valence-corrected chi connectivity index (χ4v) is 5.52. The predicted molar refractivity (Wildman–Crippen MR) is 124 cm³/mol. The summed E-state index contributed by atoms with van der Waals surface area (Å²) in [5.74, 6) is 0.554. The van der Waals surface area contributed by atoms with Gasteiger partial charge in [-0.05, 0) is 43.0 Å². The highest BCUT2D eigenvalue weighted by Crippen LogP contribution is 2.27. The number of benzene rings is 1. The smallest absolute Gasteiger partial charge is 0.234 e. The Hall–Kier alpha value is -2.52. The molecule has 1 aliphatic heterocycles. The first kappa shape index (κ1) is 21.3. The Bertz CT molecular complexity index is 1020. The van der Waals surface area contributed by atoms with Gasteiger partial charge in [0.25, 0.3) is 0 Å². The Morgan fingerprint density at radius 3 is 2.56 bits per heavy atom. The van der Waals surface area contributed by atoms with E-state index < -0.39 is 0 Å². The maximum absolute atomic E-state index is 13.2. The molecule has 3 aromatic rings. The molecule has 2 aromatic heterocycles. The average molecular weight is 457 g/mol. The molecule has 1 aromatic carbocycles. The van der Waals surface area contributed by atoms with Crippen molar-refractivity contribution in [3.8, 4) is 11.3 Å². The molecule has 0 atom stereocenters. The normalized spacial score (nSPS) is 18.3. The fraction of sp³-hybridized carbons (Fsp3) is 0.522. The highest BCUT2D eigenvalue weighted by Gasteiger charge is 2.23. The molecule has 5 rings (SSSR count). The number of hydrogen-bond donors (Lipinski definition) is 1. The van der Waals surface area contributed by atoms with Gasteiger partial charge in [-0.2, -0.15) is 0 Å². The molecular formula is C23H29FN6OS. The molecule has 7 nitrogen and oxygen atoms in total. The van der Waals surface area contributed by atoms with Crippen molar-refractivity contribution < 1.29 is 9.18 Å². The number of piperazine rings is 1. The third-order valence-electron chi connectivity index (χ3n) is 6.50. The van der Waals surface area contributed by atoms with Crippen molar-refractivity contribution in [2.24, 2.45) is 5.92 Å². The van der Waals surface area contributed by atoms with Gasteiger partial charge in [0, 0.05) is 38.3 Å². The van der Waals surface area contributed by atoms with Crippen LogP contribution in [0.25, 0.3) is 16.2 Å². The number of imidazole rings is 1. The van der Waals surface area contributed by atoms with E-state index in [4.69, 9.17) is 5.10 Å². The highest BCUT2D eigenvalue weighted by atomic mass is 32.1. The van der Waals surface area contributed by atoms with Gasteiger partial charge < -0.3 is 10.2 Å². The summed E-state index contributed by atoms with van der Waals surface area (Å²) >= 11 is 1.56. The average Bonchev–Trinajstić information content (AvgIpc) is 3.39. The number of nitrogens with zero attached hydrogens (tertiary/aromatic N) is 5. The van der Waals surface area contributed by atoms with Crippen molar-refractivity contribution in [2.45, 2.75) is 32.1 Å². The van der Waals surface area contributed by atoms with Crippen molar-refractivity contribution in [2.75, 3.05) is 44.2 Å². The monoisotopic (exact) mass is 456 g/mol. The lowest BCUT2D eigenvalue weighted by molar-refractivity contribution is -0.122. The zero-order chi connectivity index (χ0) is 21.9. The second-order valence-corrected chi connectivity index (χ2v) is 9.75. The van der Waals surface area contributed by atoms with Gasteiger partial charge in [-0.15, -0.1) is 5.10 Å². The van der Waals surface area contributed by atoms with Crippen LogP contribution in [0.2, 0.25) is 0 Å². The van der Waals surface area contributed by atoms with Crippen LogP contribution in [-0.2, 0) is 4.79 Å². The molecule has 1 aliphatic carbocycles. The number of aromatic nitrogens is 3. The van der Waals surface area contributed by atoms with Gasteiger partial charge in [0.2, 0.25) is 16.0 Å². The minimum Gasteiger partial charge on any atom is -0.355 e. The van der Waals surface area contributed by atoms with E-state index in [-0.39, 0.29) is 11.7 Å². The summed E-state index contributed by atoms with van der Waals surface area (Å²) in [6.45, 7) is 4.69. The summed E-state index contributed by atoms with van der Waals surface area (Å²) in [5.41, 5.74) is 1.67. The van der Waals surface area contributed by atoms with E-state index in [0.717, 1.165) is 54.1 Å². The molecule has 3 heterocycles. The van der Waals surface area contributed by atoms with Gasteiger partial charge in [0.05, 0.1) is 18.4 Å². The van der Waals surface area contributed by atoms with E-state index in [1.807, 2.05) is 6.20 Å². The van der Waals surface area contributed by atoms with Gasteiger partial charge in [-0.1, -0.05) is 30.6 Å². The van der Waals surface area contributed by atoms with Crippen LogP contribution in [0.5, 0.6) is 0 Å². The fourth-order valence-electron chi connectivity index (χ4n) is 4.58. The van der Waals surface area contributed by atoms with Crippen LogP contribution < -0.4 is 10.2 Å². The summed E-state index contributed by atoms with van der Waals surface area (Å²) < 4.78 is 14.9. The number of carbonyl (C=O) groups excluding carboxylic acids is 1. The summed E-state index contributed by atoms with van der Waals surface area (Å²) in [7, 11) is 0. The molecule has 9 heteroatoms. The molecule has 1 N–H and O–H groups in total. The summed E-state index contributed by atoms with van der Waals surface area (Å²) in [6, 6.07) is 6.34. The van der Waals surface area contributed by atoms with Crippen molar-refractivity contribution in [3.63, 3.8) is 0 Å². The van der Waals surface area contributed by atoms with Crippen LogP contribution >= 0.6 is 11.3 Å². The second-order valence-electron chi connectivity index (χ2n) is 8.82. The van der Waals surface area contributed by atoms with Crippen molar-refractivity contribution in [3.05, 3.63) is 36.3 Å². The quantitative estimate of drug-likeness (QED) is 0.616. The van der Waals surface area contributed by atoms with Crippen molar-refractivity contribution in [1.29, 1.82) is 0 Å². The Morgan fingerprint density at radius 1 is 1.09 bits per heavy atom. The van der Waals surface area contributed by atoms with Crippen LogP contribution in [0.15, 0.2) is 30.5 Å². The third kappa shape index (κ3) is 4.94. The summed E-state index contributed by atoms with van der Waals surface area (Å²) in [4.78, 5) is 22.3. The SMILES string of the molecule is O=C(CN1CCN(c2nn3cc(-c4ccc(F)cc4)nc3s2)CC1)NCC1CCCCC1. The number of halogens is 1. The summed E-state index contributed by atoms with van der Waals surface area (Å²) in [5, 5.41) is 8.78. The van der Waals surface area contributed by atoms with Gasteiger partial charge in [0.15, 0.2) is 0 Å². The Morgan fingerprint density at radius 2 is 1.84 bits per heavy atom. The Kier molecular flexibility index (Phi) is 6.36. The minimum atomic E-state index is -0.254. The third-order valence-corrected chi connectivity index (χ3v) is 7.48. The maximum Gasteiger partial charge on any atom is 0.234 e. The molecule has 0 unspecified atom stereocenters. The van der Waals surface area contributed by atoms with Crippen LogP contribution in [0, 0.1) is 11.7 Å². The first-order valence-corrected chi connectivity index (χ1v) is 12.3. The van der Waals surface area contributed by atoms with E-state index in [0.29, 0.717) is 12.5 Å². The zero-order valence-electron chi connectivity index (χ0n) is 18.2. The van der Waals surface area contributed by atoms with Crippen LogP contribution in [0.1, 0.15) is 32.1 Å². The number of fused-ring (bicyclic) bond motifs is 1. The first-order chi connectivity index (χ1) is 15.6. The van der Waals surface area contributed by atoms with E-state index in [1.165, 1.54) is 44.2 Å². The van der Waals surface area contributed by atoms with Crippen LogP contribution in [-0.4, -0.2) is 64.7 Å². The first-order valence-electron chi connectivity index (χ1n) is 11.5. The number of rotatable bonds is 6. The van der Waals surface area contributed by atoms with Gasteiger partial charge in [-0.25, -0.2) is 13.9 Å². The van der Waals surface area contributed by atoms with Gasteiger partial charge >= 0.3 is 0 Å². The second kappa shape index (κ2) is 9.54. The molecule has 0 bridgehead atoms. The Labute approximate surface area is 191 Å².